The lowest BCUT2D eigenvalue weighted by Gasteiger charge is -1.98. The maximum absolute atomic E-state index is 5.21. The highest BCUT2D eigenvalue weighted by Gasteiger charge is 2.29. The van der Waals surface area contributed by atoms with Gasteiger partial charge in [0.15, 0.2) is 0 Å². The molecule has 24 heavy (non-hydrogen) atoms. The normalized spacial score (nSPS) is 31.7. The van der Waals surface area contributed by atoms with Crippen LogP contribution in [-0.2, 0) is 18.9 Å². The second-order valence-electron chi connectivity index (χ2n) is 6.62. The highest BCUT2D eigenvalue weighted by atomic mass is 16.6. The summed E-state index contributed by atoms with van der Waals surface area (Å²) in [5.74, 6) is 0. The molecule has 0 amide bonds. The molecule has 4 aliphatic heterocycles. The van der Waals surface area contributed by atoms with Crippen molar-refractivity contribution in [1.29, 1.82) is 0 Å². The highest BCUT2D eigenvalue weighted by Crippen LogP contribution is 2.35. The molecule has 124 valence electrons. The molecule has 2 aromatic rings. The molecule has 4 atom stereocenters. The number of hydrogen-bond donors (Lipinski definition) is 0. The van der Waals surface area contributed by atoms with Crippen LogP contribution in [0.4, 0.5) is 0 Å². The summed E-state index contributed by atoms with van der Waals surface area (Å²) < 4.78 is 20.8. The van der Waals surface area contributed by atoms with E-state index in [1.54, 1.807) is 0 Å². The van der Waals surface area contributed by atoms with Gasteiger partial charge in [0.05, 0.1) is 26.4 Å². The zero-order chi connectivity index (χ0) is 15.9. The lowest BCUT2D eigenvalue weighted by atomic mass is 10.1. The molecule has 4 fully saturated rings. The molecule has 4 nitrogen and oxygen atoms in total. The topological polar surface area (TPSA) is 50.1 Å². The summed E-state index contributed by atoms with van der Waals surface area (Å²) in [6.07, 6.45) is 1.48. The molecular weight excluding hydrogens is 304 g/mol. The predicted octanol–water partition coefficient (Wildman–Crippen LogP) is 3.66. The lowest BCUT2D eigenvalue weighted by Crippen LogP contribution is -1.84. The van der Waals surface area contributed by atoms with E-state index in [4.69, 9.17) is 18.9 Å². The van der Waals surface area contributed by atoms with Gasteiger partial charge in [0.1, 0.15) is 24.4 Å². The van der Waals surface area contributed by atoms with E-state index in [-0.39, 0.29) is 0 Å². The van der Waals surface area contributed by atoms with E-state index >= 15 is 0 Å². The van der Waals surface area contributed by atoms with Gasteiger partial charge in [0.2, 0.25) is 0 Å². The second-order valence-corrected chi connectivity index (χ2v) is 6.62. The van der Waals surface area contributed by atoms with Crippen LogP contribution in [0, 0.1) is 0 Å². The van der Waals surface area contributed by atoms with Crippen molar-refractivity contribution in [2.75, 3.05) is 26.4 Å². The molecule has 0 saturated carbocycles. The Bertz CT molecular complexity index is 652. The molecule has 2 aromatic carbocycles. The molecule has 0 aliphatic carbocycles. The van der Waals surface area contributed by atoms with E-state index in [1.165, 1.54) is 22.3 Å². The SMILES string of the molecule is c1cc(C2CO2)cc(C2CO2)c1.c1cc(C2CO2)ccc1C1CO1. The van der Waals surface area contributed by atoms with Crippen molar-refractivity contribution >= 4 is 0 Å². The average molecular weight is 324 g/mol. The first-order valence-corrected chi connectivity index (χ1v) is 8.53. The van der Waals surface area contributed by atoms with Crippen molar-refractivity contribution in [2.45, 2.75) is 24.4 Å². The summed E-state index contributed by atoms with van der Waals surface area (Å²) in [6.45, 7) is 3.54. The minimum absolute atomic E-state index is 0.365. The Morgan fingerprint density at radius 1 is 0.500 bits per heavy atom. The zero-order valence-corrected chi connectivity index (χ0v) is 13.4. The van der Waals surface area contributed by atoms with Gasteiger partial charge < -0.3 is 18.9 Å². The summed E-state index contributed by atoms with van der Waals surface area (Å²) in [6, 6.07) is 17.0. The van der Waals surface area contributed by atoms with Gasteiger partial charge in [-0.1, -0.05) is 48.5 Å². The minimum Gasteiger partial charge on any atom is -0.368 e. The molecule has 4 aliphatic rings. The van der Waals surface area contributed by atoms with Crippen LogP contribution in [0.1, 0.15) is 46.7 Å². The highest BCUT2D eigenvalue weighted by molar-refractivity contribution is 5.30. The Kier molecular flexibility index (Phi) is 3.64. The van der Waals surface area contributed by atoms with Crippen LogP contribution < -0.4 is 0 Å². The molecule has 0 spiro atoms. The van der Waals surface area contributed by atoms with Crippen LogP contribution >= 0.6 is 0 Å². The summed E-state index contributed by atoms with van der Waals surface area (Å²) in [5.41, 5.74) is 5.17. The average Bonchev–Trinajstić information content (AvgIpc) is 3.54. The molecule has 0 bridgehead atoms. The van der Waals surface area contributed by atoms with E-state index in [0.717, 1.165) is 26.4 Å². The van der Waals surface area contributed by atoms with Gasteiger partial charge in [-0.2, -0.15) is 0 Å². The van der Waals surface area contributed by atoms with E-state index in [2.05, 4.69) is 48.5 Å². The fourth-order valence-corrected chi connectivity index (χ4v) is 2.85. The van der Waals surface area contributed by atoms with Gasteiger partial charge in [-0.25, -0.2) is 0 Å². The fourth-order valence-electron chi connectivity index (χ4n) is 2.85. The van der Waals surface area contributed by atoms with Crippen molar-refractivity contribution in [3.8, 4) is 0 Å². The molecule has 4 heteroatoms. The number of epoxide rings is 4. The molecular formula is C20H20O4. The maximum Gasteiger partial charge on any atom is 0.106 e. The van der Waals surface area contributed by atoms with Gasteiger partial charge in [-0.05, 0) is 22.3 Å². The third-order valence-electron chi connectivity index (χ3n) is 4.67. The van der Waals surface area contributed by atoms with Crippen LogP contribution in [0.15, 0.2) is 48.5 Å². The molecule has 0 N–H and O–H groups in total. The molecule has 0 radical (unpaired) electrons. The van der Waals surface area contributed by atoms with E-state index in [0.29, 0.717) is 24.4 Å². The van der Waals surface area contributed by atoms with Crippen molar-refractivity contribution in [3.05, 3.63) is 70.8 Å². The van der Waals surface area contributed by atoms with Crippen molar-refractivity contribution in [1.82, 2.24) is 0 Å². The number of rotatable bonds is 4. The number of ether oxygens (including phenoxy) is 4. The Hall–Kier alpha value is -1.72. The van der Waals surface area contributed by atoms with Crippen LogP contribution in [-0.4, -0.2) is 26.4 Å². The summed E-state index contributed by atoms with van der Waals surface area (Å²) in [5, 5.41) is 0. The maximum atomic E-state index is 5.21. The largest absolute Gasteiger partial charge is 0.368 e. The van der Waals surface area contributed by atoms with E-state index in [9.17, 15) is 0 Å². The number of hydrogen-bond acceptors (Lipinski definition) is 4. The summed E-state index contributed by atoms with van der Waals surface area (Å²) >= 11 is 0. The van der Waals surface area contributed by atoms with E-state index in [1.807, 2.05) is 0 Å². The van der Waals surface area contributed by atoms with E-state index < -0.39 is 0 Å². The molecule has 4 heterocycles. The summed E-state index contributed by atoms with van der Waals surface area (Å²) in [7, 11) is 0. The van der Waals surface area contributed by atoms with Crippen LogP contribution in [0.25, 0.3) is 0 Å². The Labute approximate surface area is 141 Å². The quantitative estimate of drug-likeness (QED) is 0.805. The molecule has 6 rings (SSSR count). The first-order valence-electron chi connectivity index (χ1n) is 8.53. The lowest BCUT2D eigenvalue weighted by molar-refractivity contribution is 0.410. The van der Waals surface area contributed by atoms with Gasteiger partial charge in [0, 0.05) is 0 Å². The first kappa shape index (κ1) is 14.6. The van der Waals surface area contributed by atoms with Crippen LogP contribution in [0.3, 0.4) is 0 Å². The smallest absolute Gasteiger partial charge is 0.106 e. The summed E-state index contributed by atoms with van der Waals surface area (Å²) in [4.78, 5) is 0. The Balaban J connectivity index is 0.000000109. The van der Waals surface area contributed by atoms with Crippen molar-refractivity contribution in [2.24, 2.45) is 0 Å². The molecule has 4 saturated heterocycles. The zero-order valence-electron chi connectivity index (χ0n) is 13.4. The van der Waals surface area contributed by atoms with Gasteiger partial charge >= 0.3 is 0 Å². The van der Waals surface area contributed by atoms with Gasteiger partial charge in [0.25, 0.3) is 0 Å². The fraction of sp³-hybridized carbons (Fsp3) is 0.400. The van der Waals surface area contributed by atoms with Crippen LogP contribution in [0.2, 0.25) is 0 Å². The minimum atomic E-state index is 0.365. The Morgan fingerprint density at radius 2 is 0.833 bits per heavy atom. The third kappa shape index (κ3) is 3.52. The van der Waals surface area contributed by atoms with Gasteiger partial charge in [-0.3, -0.25) is 0 Å². The first-order chi connectivity index (χ1) is 11.9. The third-order valence-corrected chi connectivity index (χ3v) is 4.67. The molecule has 4 unspecified atom stereocenters. The number of benzene rings is 2. The van der Waals surface area contributed by atoms with Crippen molar-refractivity contribution in [3.63, 3.8) is 0 Å². The van der Waals surface area contributed by atoms with Gasteiger partial charge in [-0.15, -0.1) is 0 Å². The Morgan fingerprint density at radius 3 is 1.17 bits per heavy atom. The van der Waals surface area contributed by atoms with Crippen LogP contribution in [0.5, 0.6) is 0 Å². The monoisotopic (exact) mass is 324 g/mol. The predicted molar refractivity (Wildman–Crippen MR) is 87.7 cm³/mol. The second kappa shape index (κ2) is 5.97. The van der Waals surface area contributed by atoms with Crippen molar-refractivity contribution < 1.29 is 18.9 Å². The molecule has 0 aromatic heterocycles. The standard InChI is InChI=1S/2C10H10O2/c1-2-8(10-6-12-10)4-3-7(1)9-5-11-9;1-2-7(9-5-11-9)4-8(3-1)10-6-12-10/h2*1-4,9-10H,5-6H2.